The van der Waals surface area contributed by atoms with Gasteiger partial charge in [-0.05, 0) is 30.7 Å². The quantitative estimate of drug-likeness (QED) is 0.579. The summed E-state index contributed by atoms with van der Waals surface area (Å²) < 4.78 is 27.3. The molecule has 0 bridgehead atoms. The highest BCUT2D eigenvalue weighted by atomic mass is 19.1. The monoisotopic (exact) mass is 250 g/mol. The second kappa shape index (κ2) is 4.97. The third-order valence-electron chi connectivity index (χ3n) is 2.43. The molecule has 0 spiro atoms. The van der Waals surface area contributed by atoms with Gasteiger partial charge in [0.15, 0.2) is 5.82 Å². The Morgan fingerprint density at radius 3 is 2.56 bits per heavy atom. The lowest BCUT2D eigenvalue weighted by Crippen LogP contribution is -2.09. The second-order valence-electron chi connectivity index (χ2n) is 3.73. The lowest BCUT2D eigenvalue weighted by atomic mass is 10.2. The second-order valence-corrected chi connectivity index (χ2v) is 3.73. The zero-order chi connectivity index (χ0) is 13.1. The molecule has 2 aromatic rings. The standard InChI is InChI=1S/C12H12F2N4/c1-7-5-6-8(13)12(11(7)14)17-9-3-2-4-10(16-9)18-15/h2-6H,15H2,1H3,(H2,16,17,18). The number of hydrogen-bond donors (Lipinski definition) is 3. The summed E-state index contributed by atoms with van der Waals surface area (Å²) in [5.41, 5.74) is 2.48. The van der Waals surface area contributed by atoms with Crippen LogP contribution in [0.1, 0.15) is 5.56 Å². The van der Waals surface area contributed by atoms with Crippen LogP contribution in [0.4, 0.5) is 26.1 Å². The molecule has 0 saturated heterocycles. The van der Waals surface area contributed by atoms with E-state index in [9.17, 15) is 8.78 Å². The van der Waals surface area contributed by atoms with Gasteiger partial charge in [0, 0.05) is 0 Å². The third kappa shape index (κ3) is 2.38. The van der Waals surface area contributed by atoms with E-state index in [1.807, 2.05) is 0 Å². The largest absolute Gasteiger partial charge is 0.335 e. The minimum absolute atomic E-state index is 0.225. The average molecular weight is 250 g/mol. The van der Waals surface area contributed by atoms with Crippen LogP contribution in [-0.2, 0) is 0 Å². The first kappa shape index (κ1) is 12.3. The molecule has 0 fully saturated rings. The molecule has 0 radical (unpaired) electrons. The van der Waals surface area contributed by atoms with Crippen molar-refractivity contribution >= 4 is 17.3 Å². The summed E-state index contributed by atoms with van der Waals surface area (Å²) in [6.45, 7) is 1.56. The molecule has 0 aliphatic heterocycles. The first-order valence-corrected chi connectivity index (χ1v) is 5.27. The summed E-state index contributed by atoms with van der Waals surface area (Å²) in [7, 11) is 0. The van der Waals surface area contributed by atoms with Crippen molar-refractivity contribution in [3.05, 3.63) is 47.5 Å². The van der Waals surface area contributed by atoms with E-state index in [2.05, 4.69) is 15.7 Å². The third-order valence-corrected chi connectivity index (χ3v) is 2.43. The Balaban J connectivity index is 2.36. The van der Waals surface area contributed by atoms with Crippen molar-refractivity contribution in [1.82, 2.24) is 4.98 Å². The molecule has 1 aromatic heterocycles. The topological polar surface area (TPSA) is 63.0 Å². The molecule has 18 heavy (non-hydrogen) atoms. The summed E-state index contributed by atoms with van der Waals surface area (Å²) in [5, 5.41) is 2.60. The van der Waals surface area contributed by atoms with Crippen LogP contribution in [0.2, 0.25) is 0 Å². The van der Waals surface area contributed by atoms with Gasteiger partial charge in [0.25, 0.3) is 0 Å². The lowest BCUT2D eigenvalue weighted by molar-refractivity contribution is 0.584. The number of nitrogens with zero attached hydrogens (tertiary/aromatic N) is 1. The maximum absolute atomic E-state index is 13.8. The summed E-state index contributed by atoms with van der Waals surface area (Å²) in [5.74, 6) is 4.59. The van der Waals surface area contributed by atoms with E-state index in [-0.39, 0.29) is 5.69 Å². The van der Waals surface area contributed by atoms with E-state index in [4.69, 9.17) is 5.84 Å². The molecule has 0 aliphatic rings. The van der Waals surface area contributed by atoms with Gasteiger partial charge in [0.1, 0.15) is 23.1 Å². The number of nitrogens with two attached hydrogens (primary N) is 1. The molecule has 94 valence electrons. The van der Waals surface area contributed by atoms with Crippen molar-refractivity contribution in [1.29, 1.82) is 0 Å². The molecule has 0 saturated carbocycles. The maximum Gasteiger partial charge on any atom is 0.152 e. The number of hydrazine groups is 1. The van der Waals surface area contributed by atoms with E-state index in [1.165, 1.54) is 12.1 Å². The Morgan fingerprint density at radius 2 is 1.83 bits per heavy atom. The lowest BCUT2D eigenvalue weighted by Gasteiger charge is -2.10. The van der Waals surface area contributed by atoms with Gasteiger partial charge in [-0.25, -0.2) is 19.6 Å². The Kier molecular flexibility index (Phi) is 3.38. The van der Waals surface area contributed by atoms with Gasteiger partial charge in [0.05, 0.1) is 0 Å². The Labute approximate surface area is 103 Å². The van der Waals surface area contributed by atoms with Crippen molar-refractivity contribution in [2.45, 2.75) is 6.92 Å². The predicted octanol–water partition coefficient (Wildman–Crippen LogP) is 2.70. The molecule has 1 heterocycles. The number of nitrogen functional groups attached to an aromatic ring is 1. The van der Waals surface area contributed by atoms with Crippen LogP contribution in [0.3, 0.4) is 0 Å². The van der Waals surface area contributed by atoms with Crippen LogP contribution < -0.4 is 16.6 Å². The van der Waals surface area contributed by atoms with Gasteiger partial charge < -0.3 is 10.7 Å². The molecule has 1 aromatic carbocycles. The first-order chi connectivity index (χ1) is 8.61. The Morgan fingerprint density at radius 1 is 1.11 bits per heavy atom. The highest BCUT2D eigenvalue weighted by Gasteiger charge is 2.12. The van der Waals surface area contributed by atoms with E-state index < -0.39 is 11.6 Å². The molecule has 0 atom stereocenters. The molecule has 0 unspecified atom stereocenters. The van der Waals surface area contributed by atoms with Crippen LogP contribution >= 0.6 is 0 Å². The number of aromatic nitrogens is 1. The van der Waals surface area contributed by atoms with E-state index >= 15 is 0 Å². The van der Waals surface area contributed by atoms with Crippen LogP contribution in [0.5, 0.6) is 0 Å². The van der Waals surface area contributed by atoms with Crippen molar-refractivity contribution in [2.75, 3.05) is 10.7 Å². The van der Waals surface area contributed by atoms with Gasteiger partial charge >= 0.3 is 0 Å². The highest BCUT2D eigenvalue weighted by molar-refractivity contribution is 5.60. The maximum atomic E-state index is 13.8. The summed E-state index contributed by atoms with van der Waals surface area (Å²) in [4.78, 5) is 4.02. The molecule has 2 rings (SSSR count). The number of anilines is 3. The molecular formula is C12H12F2N4. The number of halogens is 2. The summed E-state index contributed by atoms with van der Waals surface area (Å²) in [6, 6.07) is 7.46. The predicted molar refractivity (Wildman–Crippen MR) is 66.4 cm³/mol. The van der Waals surface area contributed by atoms with Gasteiger partial charge in [0.2, 0.25) is 0 Å². The van der Waals surface area contributed by atoms with Gasteiger partial charge in [-0.1, -0.05) is 12.1 Å². The Hall–Kier alpha value is -2.21. The molecule has 6 heteroatoms. The number of hydrogen-bond acceptors (Lipinski definition) is 4. The fourth-order valence-electron chi connectivity index (χ4n) is 1.48. The zero-order valence-electron chi connectivity index (χ0n) is 9.67. The number of benzene rings is 1. The fraction of sp³-hybridized carbons (Fsp3) is 0.0833. The van der Waals surface area contributed by atoms with Gasteiger partial charge in [-0.3, -0.25) is 0 Å². The van der Waals surface area contributed by atoms with Gasteiger partial charge in [-0.15, -0.1) is 0 Å². The average Bonchev–Trinajstić information content (AvgIpc) is 2.39. The van der Waals surface area contributed by atoms with Crippen molar-refractivity contribution in [3.8, 4) is 0 Å². The number of pyridine rings is 1. The molecule has 4 N–H and O–H groups in total. The van der Waals surface area contributed by atoms with Crippen LogP contribution in [0, 0.1) is 18.6 Å². The molecule has 4 nitrogen and oxygen atoms in total. The van der Waals surface area contributed by atoms with Gasteiger partial charge in [-0.2, -0.15) is 0 Å². The van der Waals surface area contributed by atoms with E-state index in [1.54, 1.807) is 25.1 Å². The first-order valence-electron chi connectivity index (χ1n) is 5.27. The minimum atomic E-state index is -0.675. The Bertz CT molecular complexity index is 572. The zero-order valence-corrected chi connectivity index (χ0v) is 9.67. The number of nitrogens with one attached hydrogen (secondary N) is 2. The SMILES string of the molecule is Cc1ccc(F)c(Nc2cccc(NN)n2)c1F. The minimum Gasteiger partial charge on any atom is -0.335 e. The molecule has 0 aliphatic carbocycles. The van der Waals surface area contributed by atoms with E-state index in [0.717, 1.165) is 0 Å². The highest BCUT2D eigenvalue weighted by Crippen LogP contribution is 2.25. The van der Waals surface area contributed by atoms with Crippen molar-refractivity contribution in [2.24, 2.45) is 5.84 Å². The van der Waals surface area contributed by atoms with Crippen LogP contribution in [0.15, 0.2) is 30.3 Å². The van der Waals surface area contributed by atoms with Crippen LogP contribution in [0.25, 0.3) is 0 Å². The van der Waals surface area contributed by atoms with Crippen molar-refractivity contribution < 1.29 is 8.78 Å². The van der Waals surface area contributed by atoms with Crippen molar-refractivity contribution in [3.63, 3.8) is 0 Å². The van der Waals surface area contributed by atoms with E-state index in [0.29, 0.717) is 17.2 Å². The summed E-state index contributed by atoms with van der Waals surface area (Å²) >= 11 is 0. The normalized spacial score (nSPS) is 10.2. The smallest absolute Gasteiger partial charge is 0.152 e. The molecular weight excluding hydrogens is 238 g/mol. The molecule has 0 amide bonds. The van der Waals surface area contributed by atoms with Crippen LogP contribution in [-0.4, -0.2) is 4.98 Å². The number of aryl methyl sites for hydroxylation is 1. The fourth-order valence-corrected chi connectivity index (χ4v) is 1.48. The summed E-state index contributed by atoms with van der Waals surface area (Å²) in [6.07, 6.45) is 0. The number of rotatable bonds is 3.